The van der Waals surface area contributed by atoms with Crippen molar-refractivity contribution in [2.75, 3.05) is 13.6 Å². The molecule has 6 heteroatoms. The van der Waals surface area contributed by atoms with Crippen molar-refractivity contribution in [3.63, 3.8) is 0 Å². The SMILES string of the molecule is CN=C(NCCc1ccc2ccccc2c1)NCc1c(C)nn(C)c1C.I. The summed E-state index contributed by atoms with van der Waals surface area (Å²) in [6.07, 6.45) is 0.955. The quantitative estimate of drug-likeness (QED) is 0.335. The van der Waals surface area contributed by atoms with Gasteiger partial charge < -0.3 is 10.6 Å². The Kier molecular flexibility index (Phi) is 7.65. The van der Waals surface area contributed by atoms with E-state index in [4.69, 9.17) is 0 Å². The molecule has 0 aliphatic heterocycles. The fourth-order valence-corrected chi connectivity index (χ4v) is 3.19. The molecule has 0 fully saturated rings. The van der Waals surface area contributed by atoms with Crippen LogP contribution < -0.4 is 10.6 Å². The fourth-order valence-electron chi connectivity index (χ4n) is 3.19. The molecular weight excluding hydrogens is 449 g/mol. The fraction of sp³-hybridized carbons (Fsp3) is 0.333. The molecule has 3 aromatic rings. The van der Waals surface area contributed by atoms with Crippen LogP contribution in [0.1, 0.15) is 22.5 Å². The van der Waals surface area contributed by atoms with E-state index in [1.807, 2.05) is 18.7 Å². The molecule has 0 unspecified atom stereocenters. The van der Waals surface area contributed by atoms with E-state index in [-0.39, 0.29) is 24.0 Å². The van der Waals surface area contributed by atoms with Crippen molar-refractivity contribution < 1.29 is 0 Å². The molecule has 2 aromatic carbocycles. The largest absolute Gasteiger partial charge is 0.356 e. The minimum absolute atomic E-state index is 0. The number of hydrogen-bond donors (Lipinski definition) is 2. The first-order valence-electron chi connectivity index (χ1n) is 8.99. The molecule has 2 N–H and O–H groups in total. The van der Waals surface area contributed by atoms with Crippen molar-refractivity contribution >= 4 is 40.7 Å². The van der Waals surface area contributed by atoms with Crippen molar-refractivity contribution in [2.45, 2.75) is 26.8 Å². The average Bonchev–Trinajstić information content (AvgIpc) is 2.90. The molecule has 27 heavy (non-hydrogen) atoms. The normalized spacial score (nSPS) is 11.3. The molecule has 0 spiro atoms. The Balaban J connectivity index is 0.00000261. The molecule has 3 rings (SSSR count). The predicted octanol–water partition coefficient (Wildman–Crippen LogP) is 3.72. The van der Waals surface area contributed by atoms with E-state index in [2.05, 4.69) is 70.1 Å². The van der Waals surface area contributed by atoms with Gasteiger partial charge in [-0.05, 0) is 36.6 Å². The Morgan fingerprint density at radius 2 is 1.81 bits per heavy atom. The topological polar surface area (TPSA) is 54.2 Å². The highest BCUT2D eigenvalue weighted by Gasteiger charge is 2.09. The molecule has 0 radical (unpaired) electrons. The van der Waals surface area contributed by atoms with E-state index in [0.29, 0.717) is 0 Å². The smallest absolute Gasteiger partial charge is 0.191 e. The molecule has 0 saturated carbocycles. The third kappa shape index (κ3) is 5.22. The zero-order valence-corrected chi connectivity index (χ0v) is 18.7. The number of hydrogen-bond acceptors (Lipinski definition) is 2. The summed E-state index contributed by atoms with van der Waals surface area (Å²) in [4.78, 5) is 4.32. The molecule has 5 nitrogen and oxygen atoms in total. The minimum atomic E-state index is 0. The van der Waals surface area contributed by atoms with Crippen LogP contribution in [-0.4, -0.2) is 29.3 Å². The summed E-state index contributed by atoms with van der Waals surface area (Å²) >= 11 is 0. The first-order chi connectivity index (χ1) is 12.6. The van der Waals surface area contributed by atoms with Crippen molar-refractivity contribution in [2.24, 2.45) is 12.0 Å². The molecule has 0 aliphatic carbocycles. The number of fused-ring (bicyclic) bond motifs is 1. The van der Waals surface area contributed by atoms with Crippen LogP contribution in [0.2, 0.25) is 0 Å². The Labute approximate surface area is 178 Å². The summed E-state index contributed by atoms with van der Waals surface area (Å²) < 4.78 is 1.92. The molecule has 0 amide bonds. The number of nitrogens with one attached hydrogen (secondary N) is 2. The van der Waals surface area contributed by atoms with Crippen LogP contribution in [-0.2, 0) is 20.0 Å². The van der Waals surface area contributed by atoms with Gasteiger partial charge in [-0.1, -0.05) is 42.5 Å². The molecule has 0 bridgehead atoms. The molecule has 0 aliphatic rings. The zero-order chi connectivity index (χ0) is 18.5. The summed E-state index contributed by atoms with van der Waals surface area (Å²) in [5.74, 6) is 0.813. The van der Waals surface area contributed by atoms with Gasteiger partial charge in [-0.2, -0.15) is 5.10 Å². The van der Waals surface area contributed by atoms with Crippen molar-refractivity contribution in [3.05, 3.63) is 65.0 Å². The van der Waals surface area contributed by atoms with Gasteiger partial charge in [0.25, 0.3) is 0 Å². The van der Waals surface area contributed by atoms with Gasteiger partial charge in [0, 0.05) is 38.4 Å². The van der Waals surface area contributed by atoms with Gasteiger partial charge >= 0.3 is 0 Å². The maximum absolute atomic E-state index is 4.46. The van der Waals surface area contributed by atoms with E-state index >= 15 is 0 Å². The highest BCUT2D eigenvalue weighted by atomic mass is 127. The highest BCUT2D eigenvalue weighted by Crippen LogP contribution is 2.15. The van der Waals surface area contributed by atoms with Crippen LogP contribution in [0.15, 0.2) is 47.5 Å². The maximum atomic E-state index is 4.46. The van der Waals surface area contributed by atoms with Crippen LogP contribution in [0.5, 0.6) is 0 Å². The number of halogens is 1. The summed E-state index contributed by atoms with van der Waals surface area (Å²) in [6.45, 7) is 5.69. The second-order valence-corrected chi connectivity index (χ2v) is 6.56. The van der Waals surface area contributed by atoms with E-state index in [9.17, 15) is 0 Å². The average molecular weight is 477 g/mol. The van der Waals surface area contributed by atoms with Crippen LogP contribution in [0.3, 0.4) is 0 Å². The standard InChI is InChI=1S/C21H27N5.HI/c1-15-20(16(2)26(4)25-15)14-24-21(22-3)23-12-11-17-9-10-18-7-5-6-8-19(18)13-17;/h5-10,13H,11-12,14H2,1-4H3,(H2,22,23,24);1H. The van der Waals surface area contributed by atoms with E-state index in [1.54, 1.807) is 7.05 Å². The summed E-state index contributed by atoms with van der Waals surface area (Å²) in [6, 6.07) is 15.1. The monoisotopic (exact) mass is 477 g/mol. The molecule has 0 atom stereocenters. The van der Waals surface area contributed by atoms with Gasteiger partial charge in [-0.15, -0.1) is 24.0 Å². The summed E-state index contributed by atoms with van der Waals surface area (Å²) in [5.41, 5.74) is 4.79. The third-order valence-corrected chi connectivity index (χ3v) is 4.84. The third-order valence-electron chi connectivity index (χ3n) is 4.84. The van der Waals surface area contributed by atoms with Crippen LogP contribution in [0.25, 0.3) is 10.8 Å². The second kappa shape index (κ2) is 9.73. The Hall–Kier alpha value is -2.09. The van der Waals surface area contributed by atoms with Crippen molar-refractivity contribution in [3.8, 4) is 0 Å². The number of nitrogens with zero attached hydrogens (tertiary/aromatic N) is 3. The highest BCUT2D eigenvalue weighted by molar-refractivity contribution is 14.0. The molecule has 144 valence electrons. The number of aromatic nitrogens is 2. The first kappa shape index (κ1) is 21.2. The lowest BCUT2D eigenvalue weighted by Gasteiger charge is -2.12. The van der Waals surface area contributed by atoms with Gasteiger partial charge in [0.15, 0.2) is 5.96 Å². The molecule has 1 heterocycles. The summed E-state index contributed by atoms with van der Waals surface area (Å²) in [7, 11) is 3.77. The second-order valence-electron chi connectivity index (χ2n) is 6.56. The van der Waals surface area contributed by atoms with Gasteiger partial charge in [0.2, 0.25) is 0 Å². The number of aryl methyl sites for hydroxylation is 2. The Bertz CT molecular complexity index is 929. The van der Waals surface area contributed by atoms with Gasteiger partial charge in [-0.25, -0.2) is 0 Å². The lowest BCUT2D eigenvalue weighted by molar-refractivity contribution is 0.728. The number of benzene rings is 2. The Morgan fingerprint density at radius 1 is 1.07 bits per heavy atom. The van der Waals surface area contributed by atoms with E-state index in [0.717, 1.165) is 31.2 Å². The van der Waals surface area contributed by atoms with Gasteiger partial charge in [0.1, 0.15) is 0 Å². The van der Waals surface area contributed by atoms with Crippen LogP contribution in [0.4, 0.5) is 0 Å². The lowest BCUT2D eigenvalue weighted by Crippen LogP contribution is -2.38. The van der Waals surface area contributed by atoms with E-state index in [1.165, 1.54) is 27.6 Å². The predicted molar refractivity (Wildman–Crippen MR) is 124 cm³/mol. The van der Waals surface area contributed by atoms with Gasteiger partial charge in [-0.3, -0.25) is 9.67 Å². The van der Waals surface area contributed by atoms with Crippen molar-refractivity contribution in [1.29, 1.82) is 0 Å². The number of rotatable bonds is 5. The minimum Gasteiger partial charge on any atom is -0.356 e. The molecule has 0 saturated heterocycles. The first-order valence-corrected chi connectivity index (χ1v) is 8.99. The van der Waals surface area contributed by atoms with Gasteiger partial charge in [0.05, 0.1) is 5.69 Å². The zero-order valence-electron chi connectivity index (χ0n) is 16.4. The van der Waals surface area contributed by atoms with Crippen LogP contribution in [0, 0.1) is 13.8 Å². The van der Waals surface area contributed by atoms with E-state index < -0.39 is 0 Å². The Morgan fingerprint density at radius 3 is 2.48 bits per heavy atom. The summed E-state index contributed by atoms with van der Waals surface area (Å²) in [5, 5.41) is 13.8. The maximum Gasteiger partial charge on any atom is 0.191 e. The van der Waals surface area contributed by atoms with Crippen molar-refractivity contribution in [1.82, 2.24) is 20.4 Å². The molecular formula is C21H28IN5. The number of guanidine groups is 1. The molecule has 1 aromatic heterocycles. The lowest BCUT2D eigenvalue weighted by atomic mass is 10.1. The number of aliphatic imine (C=N–C) groups is 1. The van der Waals surface area contributed by atoms with Crippen LogP contribution >= 0.6 is 24.0 Å².